The molecule has 2 atom stereocenters. The predicted molar refractivity (Wildman–Crippen MR) is 104 cm³/mol. The molecule has 2 aromatic heterocycles. The normalized spacial score (nSPS) is 19.3. The molecule has 0 aliphatic carbocycles. The summed E-state index contributed by atoms with van der Waals surface area (Å²) >= 11 is 0. The number of ether oxygens (including phenoxy) is 1. The van der Waals surface area contributed by atoms with E-state index in [0.29, 0.717) is 18.9 Å². The van der Waals surface area contributed by atoms with Crippen LogP contribution in [0.25, 0.3) is 10.8 Å². The number of nitrogens with two attached hydrogens (primary N) is 2. The van der Waals surface area contributed by atoms with Gasteiger partial charge in [0.2, 0.25) is 5.95 Å². The molecule has 6 N–H and O–H groups in total. The number of anilines is 3. The van der Waals surface area contributed by atoms with Crippen LogP contribution < -0.4 is 22.1 Å². The van der Waals surface area contributed by atoms with Crippen LogP contribution in [0.15, 0.2) is 36.7 Å². The van der Waals surface area contributed by atoms with E-state index in [1.807, 2.05) is 24.3 Å². The molecule has 0 unspecified atom stereocenters. The molecular formula is C18H20N8O2. The van der Waals surface area contributed by atoms with Gasteiger partial charge in [-0.1, -0.05) is 24.3 Å². The highest BCUT2D eigenvalue weighted by molar-refractivity contribution is 5.99. The van der Waals surface area contributed by atoms with Gasteiger partial charge in [0.1, 0.15) is 0 Å². The number of carbonyl (C=O) groups excluding carboxylic acids is 1. The maximum Gasteiger partial charge on any atom is 0.273 e. The third kappa shape index (κ3) is 3.68. The molecule has 28 heavy (non-hydrogen) atoms. The van der Waals surface area contributed by atoms with E-state index in [0.717, 1.165) is 17.2 Å². The van der Waals surface area contributed by atoms with Crippen molar-refractivity contribution >= 4 is 34.1 Å². The van der Waals surface area contributed by atoms with Crippen molar-refractivity contribution in [1.82, 2.24) is 20.2 Å². The van der Waals surface area contributed by atoms with E-state index in [9.17, 15) is 4.79 Å². The Bertz CT molecular complexity index is 1010. The number of nitrogens with one attached hydrogen (secondary N) is 2. The Hall–Kier alpha value is -3.37. The van der Waals surface area contributed by atoms with Crippen LogP contribution in [0.5, 0.6) is 0 Å². The van der Waals surface area contributed by atoms with Crippen molar-refractivity contribution in [3.63, 3.8) is 0 Å². The summed E-state index contributed by atoms with van der Waals surface area (Å²) in [4.78, 5) is 20.4. The lowest BCUT2D eigenvalue weighted by Crippen LogP contribution is -2.48. The van der Waals surface area contributed by atoms with Gasteiger partial charge in [0.25, 0.3) is 5.91 Å². The first-order chi connectivity index (χ1) is 13.6. The fourth-order valence-corrected chi connectivity index (χ4v) is 3.09. The van der Waals surface area contributed by atoms with Gasteiger partial charge in [0, 0.05) is 35.7 Å². The Kier molecular flexibility index (Phi) is 4.96. The van der Waals surface area contributed by atoms with Crippen LogP contribution in [-0.2, 0) is 4.74 Å². The van der Waals surface area contributed by atoms with E-state index >= 15 is 0 Å². The van der Waals surface area contributed by atoms with E-state index in [1.165, 1.54) is 0 Å². The van der Waals surface area contributed by atoms with Crippen molar-refractivity contribution in [2.75, 3.05) is 23.8 Å². The molecule has 1 amide bonds. The van der Waals surface area contributed by atoms with E-state index in [4.69, 9.17) is 16.2 Å². The summed E-state index contributed by atoms with van der Waals surface area (Å²) in [7, 11) is 0. The van der Waals surface area contributed by atoms with Crippen molar-refractivity contribution < 1.29 is 9.53 Å². The summed E-state index contributed by atoms with van der Waals surface area (Å²) in [5, 5.41) is 16.1. The van der Waals surface area contributed by atoms with Gasteiger partial charge in [-0.25, -0.2) is 0 Å². The zero-order chi connectivity index (χ0) is 19.5. The molecule has 0 spiro atoms. The monoisotopic (exact) mass is 380 g/mol. The lowest BCUT2D eigenvalue weighted by Gasteiger charge is -2.29. The molecule has 10 nitrogen and oxygen atoms in total. The van der Waals surface area contributed by atoms with Crippen LogP contribution in [0.3, 0.4) is 0 Å². The number of nitrogens with zero attached hydrogens (tertiary/aromatic N) is 4. The van der Waals surface area contributed by atoms with E-state index in [2.05, 4.69) is 30.8 Å². The minimum Gasteiger partial charge on any atom is -0.380 e. The van der Waals surface area contributed by atoms with Gasteiger partial charge in [-0.05, 0) is 6.42 Å². The number of fused-ring (bicyclic) bond motifs is 1. The Morgan fingerprint density at radius 3 is 2.89 bits per heavy atom. The van der Waals surface area contributed by atoms with Gasteiger partial charge in [-0.2, -0.15) is 4.98 Å². The van der Waals surface area contributed by atoms with Crippen molar-refractivity contribution in [2.45, 2.75) is 18.5 Å². The number of hydrogen-bond donors (Lipinski definition) is 4. The highest BCUT2D eigenvalue weighted by Gasteiger charge is 2.24. The van der Waals surface area contributed by atoms with Gasteiger partial charge < -0.3 is 26.8 Å². The van der Waals surface area contributed by atoms with Crippen LogP contribution in [-0.4, -0.2) is 51.4 Å². The minimum atomic E-state index is -0.731. The fraction of sp³-hybridized carbons (Fsp3) is 0.278. The minimum absolute atomic E-state index is 0.0537. The summed E-state index contributed by atoms with van der Waals surface area (Å²) in [6.07, 6.45) is 4.13. The first-order valence-corrected chi connectivity index (χ1v) is 8.86. The number of primary amides is 1. The summed E-state index contributed by atoms with van der Waals surface area (Å²) in [6, 6.07) is 7.49. The second-order valence-electron chi connectivity index (χ2n) is 6.51. The smallest absolute Gasteiger partial charge is 0.273 e. The third-order valence-corrected chi connectivity index (χ3v) is 4.56. The summed E-state index contributed by atoms with van der Waals surface area (Å²) in [6.45, 7) is 1.06. The average Bonchev–Trinajstić information content (AvgIpc) is 2.70. The van der Waals surface area contributed by atoms with E-state index in [1.54, 1.807) is 12.4 Å². The Morgan fingerprint density at radius 2 is 2.07 bits per heavy atom. The van der Waals surface area contributed by atoms with Crippen LogP contribution in [0.4, 0.5) is 17.5 Å². The topological polar surface area (TPSA) is 154 Å². The van der Waals surface area contributed by atoms with E-state index < -0.39 is 5.91 Å². The number of rotatable bonds is 5. The second kappa shape index (κ2) is 7.71. The summed E-state index contributed by atoms with van der Waals surface area (Å²) < 4.78 is 5.34. The molecule has 1 saturated heterocycles. The molecule has 4 rings (SSSR count). The van der Waals surface area contributed by atoms with Crippen LogP contribution in [0.2, 0.25) is 0 Å². The predicted octanol–water partition coefficient (Wildman–Crippen LogP) is 0.790. The molecule has 1 aromatic carbocycles. The number of hydrogen-bond acceptors (Lipinski definition) is 9. The number of amides is 1. The summed E-state index contributed by atoms with van der Waals surface area (Å²) in [5.41, 5.74) is 12.1. The lowest BCUT2D eigenvalue weighted by atomic mass is 10.1. The van der Waals surface area contributed by atoms with Gasteiger partial charge in [0.05, 0.1) is 18.5 Å². The fourth-order valence-electron chi connectivity index (χ4n) is 3.09. The molecule has 1 fully saturated rings. The lowest BCUT2D eigenvalue weighted by molar-refractivity contribution is 0.0751. The summed E-state index contributed by atoms with van der Waals surface area (Å²) in [5.74, 6) is -0.281. The molecular weight excluding hydrogens is 360 g/mol. The maximum atomic E-state index is 11.8. The maximum absolute atomic E-state index is 11.8. The van der Waals surface area contributed by atoms with Crippen molar-refractivity contribution in [2.24, 2.45) is 11.5 Å². The number of benzene rings is 1. The number of pyridine rings is 1. The van der Waals surface area contributed by atoms with Gasteiger partial charge >= 0.3 is 0 Å². The molecule has 3 aromatic rings. The largest absolute Gasteiger partial charge is 0.380 e. The van der Waals surface area contributed by atoms with Crippen molar-refractivity contribution in [3.8, 4) is 0 Å². The molecule has 144 valence electrons. The first kappa shape index (κ1) is 18.0. The quantitative estimate of drug-likeness (QED) is 0.503. The number of carbonyl (C=O) groups is 1. The highest BCUT2D eigenvalue weighted by Crippen LogP contribution is 2.26. The molecule has 0 saturated carbocycles. The zero-order valence-corrected chi connectivity index (χ0v) is 15.0. The van der Waals surface area contributed by atoms with Gasteiger partial charge in [-0.3, -0.25) is 9.78 Å². The SMILES string of the molecule is NC(=O)c1nnc(N[C@@H]2CCOC[C@@H]2N)nc1Nc1cncc2ccccc12. The Balaban J connectivity index is 1.67. The Labute approximate surface area is 160 Å². The molecule has 0 bridgehead atoms. The Morgan fingerprint density at radius 1 is 1.21 bits per heavy atom. The zero-order valence-electron chi connectivity index (χ0n) is 15.0. The molecule has 10 heteroatoms. The van der Waals surface area contributed by atoms with Crippen molar-refractivity contribution in [3.05, 3.63) is 42.4 Å². The standard InChI is InChI=1S/C18H20N8O2/c19-12-9-28-6-5-13(12)23-18-24-17(15(16(20)27)25-26-18)22-14-8-21-7-10-3-1-2-4-11(10)14/h1-4,7-8,12-13H,5-6,9,19H2,(H2,20,27)(H2,22,23,24,26)/t12-,13+/m0/s1. The molecule has 3 heterocycles. The van der Waals surface area contributed by atoms with Gasteiger partial charge in [0.15, 0.2) is 11.5 Å². The van der Waals surface area contributed by atoms with Gasteiger partial charge in [-0.15, -0.1) is 10.2 Å². The first-order valence-electron chi connectivity index (χ1n) is 8.86. The number of aromatic nitrogens is 4. The van der Waals surface area contributed by atoms with Crippen LogP contribution in [0, 0.1) is 0 Å². The van der Waals surface area contributed by atoms with Crippen LogP contribution in [0.1, 0.15) is 16.9 Å². The molecule has 0 radical (unpaired) electrons. The molecule has 1 aliphatic rings. The van der Waals surface area contributed by atoms with E-state index in [-0.39, 0.29) is 29.5 Å². The second-order valence-corrected chi connectivity index (χ2v) is 6.51. The highest BCUT2D eigenvalue weighted by atomic mass is 16.5. The third-order valence-electron chi connectivity index (χ3n) is 4.56. The molecule has 1 aliphatic heterocycles. The van der Waals surface area contributed by atoms with Crippen molar-refractivity contribution in [1.29, 1.82) is 0 Å². The van der Waals surface area contributed by atoms with Crippen LogP contribution >= 0.6 is 0 Å². The average molecular weight is 380 g/mol.